The average Bonchev–Trinajstić information content (AvgIpc) is 2.38. The van der Waals surface area contributed by atoms with Gasteiger partial charge in [-0.3, -0.25) is 0 Å². The summed E-state index contributed by atoms with van der Waals surface area (Å²) in [6.07, 6.45) is -4.83. The molecular formula is C13H7F4NO2. The summed E-state index contributed by atoms with van der Waals surface area (Å²) >= 11 is 0. The molecule has 0 aliphatic rings. The van der Waals surface area contributed by atoms with Crippen LogP contribution in [0.5, 0.6) is 0 Å². The zero-order valence-corrected chi connectivity index (χ0v) is 9.78. The van der Waals surface area contributed by atoms with Crippen LogP contribution in [0, 0.1) is 5.82 Å². The van der Waals surface area contributed by atoms with Crippen molar-refractivity contribution >= 4 is 5.97 Å². The number of carboxylic acid groups (broad SMARTS) is 1. The molecule has 0 saturated carbocycles. The molecule has 20 heavy (non-hydrogen) atoms. The standard InChI is InChI=1S/C13H7F4NO2/c14-9-5-4-7(6-8(9)13(15,16)17)10-2-1-3-11(18-10)12(19)20/h1-6H,(H,19,20). The van der Waals surface area contributed by atoms with Crippen molar-refractivity contribution in [1.29, 1.82) is 0 Å². The molecule has 7 heteroatoms. The molecular weight excluding hydrogens is 278 g/mol. The maximum atomic E-state index is 13.2. The van der Waals surface area contributed by atoms with Crippen LogP contribution in [0.15, 0.2) is 36.4 Å². The minimum absolute atomic E-state index is 0.0122. The van der Waals surface area contributed by atoms with E-state index in [1.54, 1.807) is 0 Å². The number of carbonyl (C=O) groups is 1. The number of hydrogen-bond donors (Lipinski definition) is 1. The summed E-state index contributed by atoms with van der Waals surface area (Å²) < 4.78 is 50.9. The van der Waals surface area contributed by atoms with Crippen molar-refractivity contribution in [3.05, 3.63) is 53.5 Å². The average molecular weight is 285 g/mol. The van der Waals surface area contributed by atoms with Gasteiger partial charge in [-0.2, -0.15) is 13.2 Å². The van der Waals surface area contributed by atoms with Gasteiger partial charge in [0.05, 0.1) is 11.3 Å². The summed E-state index contributed by atoms with van der Waals surface area (Å²) in [4.78, 5) is 14.5. The highest BCUT2D eigenvalue weighted by molar-refractivity contribution is 5.86. The van der Waals surface area contributed by atoms with Crippen molar-refractivity contribution in [1.82, 2.24) is 4.98 Å². The van der Waals surface area contributed by atoms with Gasteiger partial charge in [0.2, 0.25) is 0 Å². The molecule has 0 amide bonds. The number of hydrogen-bond acceptors (Lipinski definition) is 2. The lowest BCUT2D eigenvalue weighted by atomic mass is 10.1. The van der Waals surface area contributed by atoms with Gasteiger partial charge in [-0.25, -0.2) is 14.2 Å². The minimum Gasteiger partial charge on any atom is -0.477 e. The molecule has 0 spiro atoms. The van der Waals surface area contributed by atoms with Crippen LogP contribution < -0.4 is 0 Å². The lowest BCUT2D eigenvalue weighted by Gasteiger charge is -2.10. The zero-order valence-electron chi connectivity index (χ0n) is 9.78. The topological polar surface area (TPSA) is 50.2 Å². The van der Waals surface area contributed by atoms with E-state index in [0.717, 1.165) is 6.07 Å². The van der Waals surface area contributed by atoms with Crippen LogP contribution in [-0.4, -0.2) is 16.1 Å². The van der Waals surface area contributed by atoms with Crippen molar-refractivity contribution in [2.24, 2.45) is 0 Å². The Balaban J connectivity index is 2.54. The van der Waals surface area contributed by atoms with Gasteiger partial charge in [0, 0.05) is 5.56 Å². The number of aromatic nitrogens is 1. The normalized spacial score (nSPS) is 11.4. The maximum absolute atomic E-state index is 13.2. The van der Waals surface area contributed by atoms with Crippen molar-refractivity contribution < 1.29 is 27.5 Å². The van der Waals surface area contributed by atoms with E-state index in [4.69, 9.17) is 5.11 Å². The number of pyridine rings is 1. The Labute approximate surface area is 110 Å². The van der Waals surface area contributed by atoms with E-state index in [-0.39, 0.29) is 17.0 Å². The Hall–Kier alpha value is -2.44. The van der Waals surface area contributed by atoms with E-state index in [1.807, 2.05) is 0 Å². The zero-order chi connectivity index (χ0) is 14.9. The van der Waals surface area contributed by atoms with E-state index >= 15 is 0 Å². The van der Waals surface area contributed by atoms with E-state index in [0.29, 0.717) is 12.1 Å². The Kier molecular flexibility index (Phi) is 3.44. The third-order valence-electron chi connectivity index (χ3n) is 2.54. The Morgan fingerprint density at radius 2 is 1.85 bits per heavy atom. The van der Waals surface area contributed by atoms with Crippen molar-refractivity contribution in [3.8, 4) is 11.3 Å². The molecule has 0 atom stereocenters. The summed E-state index contributed by atoms with van der Waals surface area (Å²) in [6.45, 7) is 0. The number of carboxylic acids is 1. The molecule has 1 aromatic carbocycles. The molecule has 0 aliphatic heterocycles. The largest absolute Gasteiger partial charge is 0.477 e. The van der Waals surface area contributed by atoms with Gasteiger partial charge < -0.3 is 5.11 Å². The molecule has 2 rings (SSSR count). The number of aromatic carboxylic acids is 1. The molecule has 2 aromatic rings. The monoisotopic (exact) mass is 285 g/mol. The second-order valence-electron chi connectivity index (χ2n) is 3.91. The van der Waals surface area contributed by atoms with E-state index < -0.39 is 23.5 Å². The lowest BCUT2D eigenvalue weighted by molar-refractivity contribution is -0.139. The molecule has 0 unspecified atom stereocenters. The van der Waals surface area contributed by atoms with Crippen molar-refractivity contribution in [3.63, 3.8) is 0 Å². The highest BCUT2D eigenvalue weighted by Crippen LogP contribution is 2.33. The molecule has 0 bridgehead atoms. The van der Waals surface area contributed by atoms with Gasteiger partial charge in [0.1, 0.15) is 11.5 Å². The van der Waals surface area contributed by atoms with E-state index in [1.165, 1.54) is 18.2 Å². The van der Waals surface area contributed by atoms with Crippen LogP contribution >= 0.6 is 0 Å². The van der Waals surface area contributed by atoms with Gasteiger partial charge in [0.25, 0.3) is 0 Å². The molecule has 0 aliphatic carbocycles. The first-order valence-corrected chi connectivity index (χ1v) is 5.36. The maximum Gasteiger partial charge on any atom is 0.419 e. The van der Waals surface area contributed by atoms with Crippen LogP contribution in [0.3, 0.4) is 0 Å². The van der Waals surface area contributed by atoms with Crippen LogP contribution in [-0.2, 0) is 6.18 Å². The van der Waals surface area contributed by atoms with Gasteiger partial charge in [0.15, 0.2) is 0 Å². The fraction of sp³-hybridized carbons (Fsp3) is 0.0769. The summed E-state index contributed by atoms with van der Waals surface area (Å²) in [5.74, 6) is -2.69. The van der Waals surface area contributed by atoms with Crippen molar-refractivity contribution in [2.75, 3.05) is 0 Å². The first-order chi connectivity index (χ1) is 9.29. The Bertz CT molecular complexity index is 668. The second-order valence-corrected chi connectivity index (χ2v) is 3.91. The predicted molar refractivity (Wildman–Crippen MR) is 61.6 cm³/mol. The molecule has 0 fully saturated rings. The summed E-state index contributed by atoms with van der Waals surface area (Å²) in [5.41, 5.74) is -1.71. The molecule has 0 saturated heterocycles. The Morgan fingerprint density at radius 1 is 1.15 bits per heavy atom. The highest BCUT2D eigenvalue weighted by atomic mass is 19.4. The molecule has 1 N–H and O–H groups in total. The van der Waals surface area contributed by atoms with Crippen LogP contribution in [0.25, 0.3) is 11.3 Å². The number of nitrogens with zero attached hydrogens (tertiary/aromatic N) is 1. The first-order valence-electron chi connectivity index (χ1n) is 5.36. The van der Waals surface area contributed by atoms with Crippen LogP contribution in [0.4, 0.5) is 17.6 Å². The van der Waals surface area contributed by atoms with Gasteiger partial charge >= 0.3 is 12.1 Å². The first kappa shape index (κ1) is 14.0. The van der Waals surface area contributed by atoms with Crippen molar-refractivity contribution in [2.45, 2.75) is 6.18 Å². The van der Waals surface area contributed by atoms with E-state index in [9.17, 15) is 22.4 Å². The fourth-order valence-corrected chi connectivity index (χ4v) is 1.62. The van der Waals surface area contributed by atoms with E-state index in [2.05, 4.69) is 4.98 Å². The predicted octanol–water partition coefficient (Wildman–Crippen LogP) is 3.60. The molecule has 1 heterocycles. The summed E-state index contributed by atoms with van der Waals surface area (Å²) in [5, 5.41) is 8.78. The molecule has 0 radical (unpaired) electrons. The summed E-state index contributed by atoms with van der Waals surface area (Å²) in [6, 6.07) is 6.29. The number of halogens is 4. The third kappa shape index (κ3) is 2.76. The third-order valence-corrected chi connectivity index (χ3v) is 2.54. The number of rotatable bonds is 2. The second kappa shape index (κ2) is 4.92. The van der Waals surface area contributed by atoms with Crippen LogP contribution in [0.2, 0.25) is 0 Å². The minimum atomic E-state index is -4.83. The molecule has 104 valence electrons. The SMILES string of the molecule is O=C(O)c1cccc(-c2ccc(F)c(C(F)(F)F)c2)n1. The van der Waals surface area contributed by atoms with Gasteiger partial charge in [-0.05, 0) is 30.3 Å². The molecule has 3 nitrogen and oxygen atoms in total. The quantitative estimate of drug-likeness (QED) is 0.858. The van der Waals surface area contributed by atoms with Gasteiger partial charge in [-0.15, -0.1) is 0 Å². The lowest BCUT2D eigenvalue weighted by Crippen LogP contribution is -2.08. The van der Waals surface area contributed by atoms with Gasteiger partial charge in [-0.1, -0.05) is 6.07 Å². The number of benzene rings is 1. The fourth-order valence-electron chi connectivity index (χ4n) is 1.62. The number of alkyl halides is 3. The van der Waals surface area contributed by atoms with Crippen LogP contribution in [0.1, 0.15) is 16.1 Å². The summed E-state index contributed by atoms with van der Waals surface area (Å²) in [7, 11) is 0. The highest BCUT2D eigenvalue weighted by Gasteiger charge is 2.34. The smallest absolute Gasteiger partial charge is 0.419 e. The molecule has 1 aromatic heterocycles. The Morgan fingerprint density at radius 3 is 2.45 bits per heavy atom.